The first-order valence-corrected chi connectivity index (χ1v) is 10.3. The molecule has 0 saturated carbocycles. The van der Waals surface area contributed by atoms with E-state index in [1.165, 1.54) is 0 Å². The largest absolute Gasteiger partial charge is 0.495 e. The molecule has 0 aliphatic heterocycles. The smallest absolute Gasteiger partial charge is 0.254 e. The number of para-hydroxylation sites is 2. The van der Waals surface area contributed by atoms with E-state index in [0.29, 0.717) is 23.5 Å². The van der Waals surface area contributed by atoms with Gasteiger partial charge in [0.2, 0.25) is 5.91 Å². The molecule has 1 N–H and O–H groups in total. The number of halogens is 1. The second-order valence-corrected chi connectivity index (χ2v) is 7.54. The van der Waals surface area contributed by atoms with Crippen molar-refractivity contribution in [3.8, 4) is 11.4 Å². The summed E-state index contributed by atoms with van der Waals surface area (Å²) in [4.78, 5) is 27.1. The number of anilines is 1. The van der Waals surface area contributed by atoms with Crippen LogP contribution in [0.4, 0.5) is 5.69 Å². The number of carbonyl (C=O) groups excluding carboxylic acids is 2. The second kappa shape index (κ2) is 10.1. The zero-order chi connectivity index (χ0) is 21.5. The molecule has 0 bridgehead atoms. The quantitative estimate of drug-likeness (QED) is 0.536. The van der Waals surface area contributed by atoms with Gasteiger partial charge in [-0.05, 0) is 58.7 Å². The Kier molecular flexibility index (Phi) is 7.24. The molecular weight excluding hydrogens is 448 g/mol. The molecular formula is C22H23BrN4O3. The highest BCUT2D eigenvalue weighted by Gasteiger charge is 2.19. The first kappa shape index (κ1) is 21.6. The molecule has 0 aliphatic rings. The summed E-state index contributed by atoms with van der Waals surface area (Å²) >= 11 is 3.37. The Hall–Kier alpha value is -3.13. The highest BCUT2D eigenvalue weighted by atomic mass is 79.9. The van der Waals surface area contributed by atoms with Crippen molar-refractivity contribution < 1.29 is 14.3 Å². The van der Waals surface area contributed by atoms with Gasteiger partial charge in [-0.3, -0.25) is 9.59 Å². The first-order valence-electron chi connectivity index (χ1n) is 9.54. The van der Waals surface area contributed by atoms with E-state index in [2.05, 4.69) is 26.3 Å². The number of benzene rings is 2. The van der Waals surface area contributed by atoms with Crippen LogP contribution in [0.15, 0.2) is 65.4 Å². The molecule has 0 unspecified atom stereocenters. The van der Waals surface area contributed by atoms with Gasteiger partial charge in [0.05, 0.1) is 29.2 Å². The minimum atomic E-state index is -0.278. The molecule has 7 nitrogen and oxygen atoms in total. The van der Waals surface area contributed by atoms with Crippen molar-refractivity contribution in [1.82, 2.24) is 14.7 Å². The number of aromatic nitrogens is 2. The van der Waals surface area contributed by atoms with Crippen molar-refractivity contribution in [1.29, 1.82) is 0 Å². The number of hydrogen-bond donors (Lipinski definition) is 1. The van der Waals surface area contributed by atoms with Crippen LogP contribution >= 0.6 is 15.9 Å². The predicted molar refractivity (Wildman–Crippen MR) is 119 cm³/mol. The predicted octanol–water partition coefficient (Wildman–Crippen LogP) is 4.13. The van der Waals surface area contributed by atoms with Crippen molar-refractivity contribution in [3.63, 3.8) is 0 Å². The lowest BCUT2D eigenvalue weighted by atomic mass is 10.1. The van der Waals surface area contributed by atoms with E-state index < -0.39 is 0 Å². The van der Waals surface area contributed by atoms with E-state index in [1.54, 1.807) is 47.2 Å². The molecule has 0 saturated heterocycles. The highest BCUT2D eigenvalue weighted by Crippen LogP contribution is 2.23. The third-order valence-corrected chi connectivity index (χ3v) is 4.84. The molecule has 0 aliphatic carbocycles. The third kappa shape index (κ3) is 5.27. The molecule has 2 amide bonds. The first-order chi connectivity index (χ1) is 14.5. The average molecular weight is 471 g/mol. The molecule has 0 spiro atoms. The van der Waals surface area contributed by atoms with Gasteiger partial charge >= 0.3 is 0 Å². The van der Waals surface area contributed by atoms with Crippen LogP contribution in [0.25, 0.3) is 5.69 Å². The number of nitrogens with one attached hydrogen (secondary N) is 1. The lowest BCUT2D eigenvalue weighted by molar-refractivity contribution is -0.116. The minimum Gasteiger partial charge on any atom is -0.495 e. The summed E-state index contributed by atoms with van der Waals surface area (Å²) in [5.74, 6) is 0.0969. The number of amides is 2. The molecule has 0 atom stereocenters. The number of carbonyl (C=O) groups is 2. The van der Waals surface area contributed by atoms with Crippen LogP contribution in [0.3, 0.4) is 0 Å². The Balaban J connectivity index is 1.70. The Morgan fingerprint density at radius 1 is 1.17 bits per heavy atom. The van der Waals surface area contributed by atoms with Gasteiger partial charge in [-0.15, -0.1) is 0 Å². The van der Waals surface area contributed by atoms with E-state index in [1.807, 2.05) is 37.4 Å². The van der Waals surface area contributed by atoms with Crippen LogP contribution in [0, 0.1) is 0 Å². The van der Waals surface area contributed by atoms with E-state index in [-0.39, 0.29) is 18.4 Å². The molecule has 1 aromatic heterocycles. The van der Waals surface area contributed by atoms with Gasteiger partial charge < -0.3 is 15.0 Å². The van der Waals surface area contributed by atoms with Gasteiger partial charge in [-0.2, -0.15) is 5.10 Å². The number of hydrogen-bond acceptors (Lipinski definition) is 4. The molecule has 2 aromatic carbocycles. The van der Waals surface area contributed by atoms with Gasteiger partial charge in [0.1, 0.15) is 12.3 Å². The Bertz CT molecular complexity index is 1020. The van der Waals surface area contributed by atoms with E-state index in [0.717, 1.165) is 16.6 Å². The standard InChI is InChI=1S/C22H23BrN4O3/c1-3-12-26(15-21(28)25-19-6-4-5-7-20(19)30-2)22(29)16-8-10-18(11-9-16)27-14-17(23)13-24-27/h4-11,13-14H,3,12,15H2,1-2H3,(H,25,28). The maximum absolute atomic E-state index is 13.0. The normalized spacial score (nSPS) is 10.5. The van der Waals surface area contributed by atoms with Gasteiger partial charge in [-0.25, -0.2) is 4.68 Å². The van der Waals surface area contributed by atoms with Gasteiger partial charge in [-0.1, -0.05) is 19.1 Å². The van der Waals surface area contributed by atoms with Crippen molar-refractivity contribution in [2.75, 3.05) is 25.5 Å². The van der Waals surface area contributed by atoms with Crippen LogP contribution in [0.5, 0.6) is 5.75 Å². The molecule has 30 heavy (non-hydrogen) atoms. The SMILES string of the molecule is CCCN(CC(=O)Nc1ccccc1OC)C(=O)c1ccc(-n2cc(Br)cn2)cc1. The van der Waals surface area contributed by atoms with Crippen molar-refractivity contribution in [2.24, 2.45) is 0 Å². The van der Waals surface area contributed by atoms with Crippen LogP contribution in [0.2, 0.25) is 0 Å². The second-order valence-electron chi connectivity index (χ2n) is 6.63. The lowest BCUT2D eigenvalue weighted by Crippen LogP contribution is -2.38. The van der Waals surface area contributed by atoms with Crippen molar-refractivity contribution >= 4 is 33.4 Å². The van der Waals surface area contributed by atoms with Crippen molar-refractivity contribution in [3.05, 3.63) is 71.0 Å². The molecule has 156 valence electrons. The molecule has 3 rings (SSSR count). The summed E-state index contributed by atoms with van der Waals surface area (Å²) in [6.07, 6.45) is 4.28. The summed E-state index contributed by atoms with van der Waals surface area (Å²) < 4.78 is 7.84. The number of ether oxygens (including phenoxy) is 1. The number of methoxy groups -OCH3 is 1. The maximum Gasteiger partial charge on any atom is 0.254 e. The fraction of sp³-hybridized carbons (Fsp3) is 0.227. The fourth-order valence-electron chi connectivity index (χ4n) is 3.01. The van der Waals surface area contributed by atoms with Crippen LogP contribution in [-0.2, 0) is 4.79 Å². The van der Waals surface area contributed by atoms with Crippen molar-refractivity contribution in [2.45, 2.75) is 13.3 Å². The molecule has 1 heterocycles. The molecule has 0 radical (unpaired) electrons. The fourth-order valence-corrected chi connectivity index (χ4v) is 3.30. The monoisotopic (exact) mass is 470 g/mol. The van der Waals surface area contributed by atoms with Gasteiger partial charge in [0.25, 0.3) is 5.91 Å². The molecule has 0 fully saturated rings. The van der Waals surface area contributed by atoms with E-state index in [9.17, 15) is 9.59 Å². The summed E-state index contributed by atoms with van der Waals surface area (Å²) in [5, 5.41) is 7.05. The topological polar surface area (TPSA) is 76.5 Å². The zero-order valence-electron chi connectivity index (χ0n) is 16.8. The van der Waals surface area contributed by atoms with E-state index >= 15 is 0 Å². The van der Waals surface area contributed by atoms with Gasteiger partial charge in [0, 0.05) is 18.3 Å². The van der Waals surface area contributed by atoms with Gasteiger partial charge in [0.15, 0.2) is 0 Å². The highest BCUT2D eigenvalue weighted by molar-refractivity contribution is 9.10. The molecule has 3 aromatic rings. The lowest BCUT2D eigenvalue weighted by Gasteiger charge is -2.22. The van der Waals surface area contributed by atoms with Crippen LogP contribution in [-0.4, -0.2) is 46.7 Å². The third-order valence-electron chi connectivity index (χ3n) is 4.43. The molecule has 8 heteroatoms. The van der Waals surface area contributed by atoms with Crippen LogP contribution < -0.4 is 10.1 Å². The van der Waals surface area contributed by atoms with Crippen LogP contribution in [0.1, 0.15) is 23.7 Å². The Labute approximate surface area is 183 Å². The summed E-state index contributed by atoms with van der Waals surface area (Å²) in [7, 11) is 1.55. The van der Waals surface area contributed by atoms with E-state index in [4.69, 9.17) is 4.74 Å². The summed E-state index contributed by atoms with van der Waals surface area (Å²) in [6, 6.07) is 14.3. The number of nitrogens with zero attached hydrogens (tertiary/aromatic N) is 3. The zero-order valence-corrected chi connectivity index (χ0v) is 18.4. The Morgan fingerprint density at radius 3 is 2.53 bits per heavy atom. The number of rotatable bonds is 8. The minimum absolute atomic E-state index is 0.0431. The Morgan fingerprint density at radius 2 is 1.90 bits per heavy atom. The average Bonchev–Trinajstić information content (AvgIpc) is 3.19. The summed E-state index contributed by atoms with van der Waals surface area (Å²) in [6.45, 7) is 2.40. The maximum atomic E-state index is 13.0. The summed E-state index contributed by atoms with van der Waals surface area (Å²) in [5.41, 5.74) is 1.93.